The van der Waals surface area contributed by atoms with Crippen LogP contribution in [0.15, 0.2) is 0 Å². The normalized spacial score (nSPS) is 13.2. The summed E-state index contributed by atoms with van der Waals surface area (Å²) in [5.41, 5.74) is 0. The molecule has 0 aromatic rings. The van der Waals surface area contributed by atoms with Gasteiger partial charge in [-0.25, -0.2) is 0 Å². The van der Waals surface area contributed by atoms with E-state index in [1.165, 1.54) is 45.1 Å². The summed E-state index contributed by atoms with van der Waals surface area (Å²) in [7, 11) is 2.04. The van der Waals surface area contributed by atoms with Gasteiger partial charge in [0.2, 0.25) is 0 Å². The van der Waals surface area contributed by atoms with Gasteiger partial charge in [0.15, 0.2) is 0 Å². The van der Waals surface area contributed by atoms with Crippen molar-refractivity contribution >= 4 is 0 Å². The van der Waals surface area contributed by atoms with E-state index in [2.05, 4.69) is 19.2 Å². The average Bonchev–Trinajstić information content (AvgIpc) is 2.05. The zero-order valence-electron chi connectivity index (χ0n) is 9.03. The van der Waals surface area contributed by atoms with Crippen LogP contribution in [0.3, 0.4) is 0 Å². The molecule has 0 radical (unpaired) electrons. The van der Waals surface area contributed by atoms with Gasteiger partial charge in [0.1, 0.15) is 0 Å². The Balaban J connectivity index is 2.97. The van der Waals surface area contributed by atoms with Gasteiger partial charge in [-0.1, -0.05) is 46.0 Å². The largest absolute Gasteiger partial charge is 0.319 e. The number of hydrogen-bond donors (Lipinski definition) is 1. The summed E-state index contributed by atoms with van der Waals surface area (Å²) < 4.78 is 0. The van der Waals surface area contributed by atoms with Gasteiger partial charge < -0.3 is 5.32 Å². The summed E-state index contributed by atoms with van der Waals surface area (Å²) in [6.07, 6.45) is 8.45. The van der Waals surface area contributed by atoms with Crippen molar-refractivity contribution in [1.29, 1.82) is 0 Å². The van der Waals surface area contributed by atoms with E-state index in [1.54, 1.807) is 0 Å². The Labute approximate surface area is 77.9 Å². The van der Waals surface area contributed by atoms with Crippen LogP contribution in [0.1, 0.15) is 52.4 Å². The van der Waals surface area contributed by atoms with E-state index in [0.717, 1.165) is 5.92 Å². The number of nitrogens with one attached hydrogen (secondary N) is 1. The van der Waals surface area contributed by atoms with Gasteiger partial charge in [-0.3, -0.25) is 0 Å². The fourth-order valence-electron chi connectivity index (χ4n) is 1.55. The van der Waals surface area contributed by atoms with Crippen molar-refractivity contribution in [1.82, 2.24) is 5.32 Å². The first kappa shape index (κ1) is 12.0. The molecule has 0 aromatic carbocycles. The van der Waals surface area contributed by atoms with Crippen LogP contribution in [0.4, 0.5) is 0 Å². The maximum absolute atomic E-state index is 3.22. The quantitative estimate of drug-likeness (QED) is 0.553. The molecule has 0 amide bonds. The molecule has 1 atom stereocenters. The Bertz CT molecular complexity index is 81.1. The molecule has 1 unspecified atom stereocenters. The minimum atomic E-state index is 0.858. The second kappa shape index (κ2) is 9.05. The zero-order valence-corrected chi connectivity index (χ0v) is 9.03. The highest BCUT2D eigenvalue weighted by Crippen LogP contribution is 2.10. The smallest absolute Gasteiger partial charge is 0.00262 e. The predicted molar refractivity (Wildman–Crippen MR) is 56.5 cm³/mol. The number of hydrogen-bond acceptors (Lipinski definition) is 1. The number of unbranched alkanes of at least 4 members (excludes halogenated alkanes) is 4. The highest BCUT2D eigenvalue weighted by Gasteiger charge is 1.98. The molecule has 0 saturated carbocycles. The molecule has 0 aliphatic heterocycles. The highest BCUT2D eigenvalue weighted by molar-refractivity contribution is 4.55. The molecule has 0 aromatic heterocycles. The van der Waals surface area contributed by atoms with Gasteiger partial charge in [0, 0.05) is 0 Å². The van der Waals surface area contributed by atoms with Crippen molar-refractivity contribution in [2.75, 3.05) is 13.6 Å². The molecule has 0 heterocycles. The van der Waals surface area contributed by atoms with Gasteiger partial charge >= 0.3 is 0 Å². The topological polar surface area (TPSA) is 12.0 Å². The lowest BCUT2D eigenvalue weighted by Gasteiger charge is -2.09. The first-order chi connectivity index (χ1) is 5.81. The lowest BCUT2D eigenvalue weighted by molar-refractivity contribution is 0.468. The van der Waals surface area contributed by atoms with E-state index in [0.29, 0.717) is 0 Å². The van der Waals surface area contributed by atoms with E-state index in [4.69, 9.17) is 0 Å². The summed E-state index contributed by atoms with van der Waals surface area (Å²) in [6, 6.07) is 0. The predicted octanol–water partition coefficient (Wildman–Crippen LogP) is 3.20. The molecular weight excluding hydrogens is 146 g/mol. The average molecular weight is 171 g/mol. The summed E-state index contributed by atoms with van der Waals surface area (Å²) >= 11 is 0. The standard InChI is InChI=1S/C11H25N/c1-4-5-6-7-8-9-11(2)10-12-3/h11-12H,4-10H2,1-3H3. The van der Waals surface area contributed by atoms with Crippen molar-refractivity contribution in [3.63, 3.8) is 0 Å². The molecule has 1 heteroatoms. The van der Waals surface area contributed by atoms with Crippen LogP contribution in [-0.2, 0) is 0 Å². The Morgan fingerprint density at radius 3 is 2.33 bits per heavy atom. The first-order valence-electron chi connectivity index (χ1n) is 5.45. The second-order valence-corrected chi connectivity index (χ2v) is 3.87. The van der Waals surface area contributed by atoms with E-state index in [-0.39, 0.29) is 0 Å². The molecule has 12 heavy (non-hydrogen) atoms. The molecule has 0 aliphatic rings. The maximum Gasteiger partial charge on any atom is -0.00262 e. The molecule has 0 saturated heterocycles. The van der Waals surface area contributed by atoms with Crippen molar-refractivity contribution in [3.8, 4) is 0 Å². The molecule has 0 fully saturated rings. The third-order valence-corrected chi connectivity index (χ3v) is 2.35. The fourth-order valence-corrected chi connectivity index (χ4v) is 1.55. The lowest BCUT2D eigenvalue weighted by Crippen LogP contribution is -2.15. The molecule has 1 N–H and O–H groups in total. The summed E-state index contributed by atoms with van der Waals surface area (Å²) in [6.45, 7) is 5.77. The zero-order chi connectivity index (χ0) is 9.23. The Morgan fingerprint density at radius 1 is 1.08 bits per heavy atom. The van der Waals surface area contributed by atoms with Crippen LogP contribution in [0.2, 0.25) is 0 Å². The van der Waals surface area contributed by atoms with Crippen molar-refractivity contribution in [3.05, 3.63) is 0 Å². The van der Waals surface area contributed by atoms with Gasteiger partial charge in [-0.2, -0.15) is 0 Å². The van der Waals surface area contributed by atoms with Gasteiger partial charge in [0.05, 0.1) is 0 Å². The van der Waals surface area contributed by atoms with Crippen LogP contribution in [-0.4, -0.2) is 13.6 Å². The van der Waals surface area contributed by atoms with Crippen LogP contribution < -0.4 is 5.32 Å². The van der Waals surface area contributed by atoms with Crippen molar-refractivity contribution in [2.24, 2.45) is 5.92 Å². The lowest BCUT2D eigenvalue weighted by atomic mass is 10.0. The van der Waals surface area contributed by atoms with Gasteiger partial charge in [-0.15, -0.1) is 0 Å². The maximum atomic E-state index is 3.22. The minimum Gasteiger partial charge on any atom is -0.319 e. The Hall–Kier alpha value is -0.0400. The fraction of sp³-hybridized carbons (Fsp3) is 1.00. The molecule has 0 aliphatic carbocycles. The van der Waals surface area contributed by atoms with Crippen LogP contribution in [0.5, 0.6) is 0 Å². The highest BCUT2D eigenvalue weighted by atomic mass is 14.8. The summed E-state index contributed by atoms with van der Waals surface area (Å²) in [5.74, 6) is 0.858. The molecule has 0 rings (SSSR count). The molecule has 0 spiro atoms. The van der Waals surface area contributed by atoms with Crippen LogP contribution in [0.25, 0.3) is 0 Å². The van der Waals surface area contributed by atoms with Gasteiger partial charge in [-0.05, 0) is 25.9 Å². The van der Waals surface area contributed by atoms with Crippen LogP contribution >= 0.6 is 0 Å². The van der Waals surface area contributed by atoms with E-state index >= 15 is 0 Å². The number of rotatable bonds is 8. The molecule has 74 valence electrons. The van der Waals surface area contributed by atoms with Gasteiger partial charge in [0.25, 0.3) is 0 Å². The Morgan fingerprint density at radius 2 is 1.75 bits per heavy atom. The monoisotopic (exact) mass is 171 g/mol. The van der Waals surface area contributed by atoms with Crippen LogP contribution in [0, 0.1) is 5.92 Å². The summed E-state index contributed by atoms with van der Waals surface area (Å²) in [4.78, 5) is 0. The summed E-state index contributed by atoms with van der Waals surface area (Å²) in [5, 5.41) is 3.22. The molecule has 1 nitrogen and oxygen atoms in total. The van der Waals surface area contributed by atoms with E-state index in [1.807, 2.05) is 7.05 Å². The van der Waals surface area contributed by atoms with E-state index in [9.17, 15) is 0 Å². The second-order valence-electron chi connectivity index (χ2n) is 3.87. The first-order valence-corrected chi connectivity index (χ1v) is 5.45. The molecular formula is C11H25N. The molecule has 0 bridgehead atoms. The minimum absolute atomic E-state index is 0.858. The van der Waals surface area contributed by atoms with Crippen molar-refractivity contribution < 1.29 is 0 Å². The third-order valence-electron chi connectivity index (χ3n) is 2.35. The Kier molecular flexibility index (Phi) is 9.02. The third kappa shape index (κ3) is 8.06. The van der Waals surface area contributed by atoms with Crippen molar-refractivity contribution in [2.45, 2.75) is 52.4 Å². The van der Waals surface area contributed by atoms with E-state index < -0.39 is 0 Å². The SMILES string of the molecule is CCCCCCCC(C)CNC.